The van der Waals surface area contributed by atoms with Gasteiger partial charge in [0.15, 0.2) is 0 Å². The summed E-state index contributed by atoms with van der Waals surface area (Å²) in [6, 6.07) is 3.35. The molecule has 1 aromatic rings. The van der Waals surface area contributed by atoms with Crippen LogP contribution in [0.4, 0.5) is 5.82 Å². The van der Waals surface area contributed by atoms with E-state index in [1.807, 2.05) is 24.0 Å². The Kier molecular flexibility index (Phi) is 7.58. The number of hydrogen-bond acceptors (Lipinski definition) is 5. The molecule has 1 aromatic heterocycles. The van der Waals surface area contributed by atoms with Crippen LogP contribution < -0.4 is 15.4 Å². The molecule has 2 heterocycles. The van der Waals surface area contributed by atoms with Crippen molar-refractivity contribution < 1.29 is 9.53 Å². The molecule has 2 rings (SSSR count). The highest BCUT2D eigenvalue weighted by atomic mass is 35.5. The van der Waals surface area contributed by atoms with Crippen molar-refractivity contribution in [3.8, 4) is 5.75 Å². The lowest BCUT2D eigenvalue weighted by Gasteiger charge is -2.37. The van der Waals surface area contributed by atoms with E-state index in [0.717, 1.165) is 31.1 Å². The third-order valence-corrected chi connectivity index (χ3v) is 4.41. The monoisotopic (exact) mass is 342 g/mol. The maximum atomic E-state index is 12.4. The fourth-order valence-electron chi connectivity index (χ4n) is 2.56. The lowest BCUT2D eigenvalue weighted by molar-refractivity contribution is -0.134. The maximum absolute atomic E-state index is 12.4. The van der Waals surface area contributed by atoms with Crippen molar-refractivity contribution in [3.05, 3.63) is 18.3 Å². The first kappa shape index (κ1) is 19.5. The number of ether oxygens (including phenoxy) is 1. The second kappa shape index (κ2) is 8.93. The highest BCUT2D eigenvalue weighted by molar-refractivity contribution is 5.85. The van der Waals surface area contributed by atoms with Crippen LogP contribution in [0.3, 0.4) is 0 Å². The third-order valence-electron chi connectivity index (χ3n) is 4.41. The van der Waals surface area contributed by atoms with Crippen LogP contribution >= 0.6 is 12.4 Å². The lowest BCUT2D eigenvalue weighted by atomic mass is 9.98. The molecule has 1 saturated heterocycles. The summed E-state index contributed by atoms with van der Waals surface area (Å²) < 4.78 is 5.23. The molecule has 7 heteroatoms. The van der Waals surface area contributed by atoms with E-state index >= 15 is 0 Å². The Morgan fingerprint density at radius 2 is 2.04 bits per heavy atom. The van der Waals surface area contributed by atoms with Gasteiger partial charge in [-0.3, -0.25) is 4.79 Å². The molecule has 2 unspecified atom stereocenters. The van der Waals surface area contributed by atoms with Crippen LogP contribution in [0.1, 0.15) is 20.3 Å². The van der Waals surface area contributed by atoms with Gasteiger partial charge in [-0.05, 0) is 12.0 Å². The van der Waals surface area contributed by atoms with E-state index in [4.69, 9.17) is 10.5 Å². The maximum Gasteiger partial charge on any atom is 0.239 e. The molecular weight excluding hydrogens is 316 g/mol. The first-order chi connectivity index (χ1) is 10.6. The Morgan fingerprint density at radius 3 is 2.61 bits per heavy atom. The van der Waals surface area contributed by atoms with E-state index < -0.39 is 6.04 Å². The average Bonchev–Trinajstić information content (AvgIpc) is 2.59. The third kappa shape index (κ3) is 4.72. The summed E-state index contributed by atoms with van der Waals surface area (Å²) in [5, 5.41) is 0. The van der Waals surface area contributed by atoms with Gasteiger partial charge in [-0.15, -0.1) is 12.4 Å². The SMILES string of the molecule is CCC(C)C(N)C(=O)N1CCN(c2cc(OC)ccn2)CC1.Cl. The van der Waals surface area contributed by atoms with Crippen molar-refractivity contribution in [3.63, 3.8) is 0 Å². The molecule has 1 amide bonds. The molecule has 0 spiro atoms. The fourth-order valence-corrected chi connectivity index (χ4v) is 2.56. The van der Waals surface area contributed by atoms with Crippen molar-refractivity contribution in [2.24, 2.45) is 11.7 Å². The van der Waals surface area contributed by atoms with Crippen LogP contribution in [0.5, 0.6) is 5.75 Å². The molecule has 6 nitrogen and oxygen atoms in total. The molecule has 0 bridgehead atoms. The molecule has 130 valence electrons. The molecule has 1 fully saturated rings. The van der Waals surface area contributed by atoms with Crippen LogP contribution in [0.25, 0.3) is 0 Å². The minimum Gasteiger partial charge on any atom is -0.497 e. The van der Waals surface area contributed by atoms with E-state index in [1.165, 1.54) is 0 Å². The van der Waals surface area contributed by atoms with Gasteiger partial charge in [0.05, 0.1) is 13.2 Å². The standard InChI is InChI=1S/C16H26N4O2.ClH/c1-4-12(2)15(17)16(21)20-9-7-19(8-10-20)14-11-13(22-3)5-6-18-14;/h5-6,11-12,15H,4,7-10,17H2,1-3H3;1H. The molecule has 0 aliphatic carbocycles. The molecule has 0 aromatic carbocycles. The van der Waals surface area contributed by atoms with Crippen LogP contribution in [-0.2, 0) is 4.79 Å². The molecule has 2 atom stereocenters. The topological polar surface area (TPSA) is 71.7 Å². The quantitative estimate of drug-likeness (QED) is 0.878. The number of pyridine rings is 1. The van der Waals surface area contributed by atoms with Crippen LogP contribution in [0.15, 0.2) is 18.3 Å². The van der Waals surface area contributed by atoms with Crippen LogP contribution in [0, 0.1) is 5.92 Å². The number of rotatable bonds is 5. The van der Waals surface area contributed by atoms with Gasteiger partial charge in [-0.2, -0.15) is 0 Å². The predicted molar refractivity (Wildman–Crippen MR) is 94.3 cm³/mol. The van der Waals surface area contributed by atoms with Gasteiger partial charge in [-0.25, -0.2) is 4.98 Å². The molecule has 2 N–H and O–H groups in total. The second-order valence-corrected chi connectivity index (χ2v) is 5.78. The van der Waals surface area contributed by atoms with Gasteiger partial charge in [0.1, 0.15) is 11.6 Å². The van der Waals surface area contributed by atoms with Gasteiger partial charge in [0.2, 0.25) is 5.91 Å². The predicted octanol–water partition coefficient (Wildman–Crippen LogP) is 1.53. The van der Waals surface area contributed by atoms with Gasteiger partial charge >= 0.3 is 0 Å². The Labute approximate surface area is 144 Å². The first-order valence-electron chi connectivity index (χ1n) is 7.86. The zero-order chi connectivity index (χ0) is 16.1. The van der Waals surface area contributed by atoms with Gasteiger partial charge < -0.3 is 20.3 Å². The molecule has 1 aliphatic heterocycles. The Morgan fingerprint density at radius 1 is 1.39 bits per heavy atom. The summed E-state index contributed by atoms with van der Waals surface area (Å²) in [4.78, 5) is 20.8. The Balaban J connectivity index is 0.00000264. The zero-order valence-electron chi connectivity index (χ0n) is 14.1. The smallest absolute Gasteiger partial charge is 0.239 e. The van der Waals surface area contributed by atoms with E-state index in [1.54, 1.807) is 13.3 Å². The van der Waals surface area contributed by atoms with Gasteiger partial charge in [0, 0.05) is 38.4 Å². The highest BCUT2D eigenvalue weighted by Crippen LogP contribution is 2.19. The summed E-state index contributed by atoms with van der Waals surface area (Å²) in [7, 11) is 1.64. The summed E-state index contributed by atoms with van der Waals surface area (Å²) in [5.74, 6) is 1.96. The number of amides is 1. The fraction of sp³-hybridized carbons (Fsp3) is 0.625. The number of nitrogens with zero attached hydrogens (tertiary/aromatic N) is 3. The van der Waals surface area contributed by atoms with E-state index in [2.05, 4.69) is 16.8 Å². The van der Waals surface area contributed by atoms with Crippen molar-refractivity contribution >= 4 is 24.1 Å². The zero-order valence-corrected chi connectivity index (χ0v) is 14.9. The first-order valence-corrected chi connectivity index (χ1v) is 7.86. The molecule has 1 aliphatic rings. The summed E-state index contributed by atoms with van der Waals surface area (Å²) >= 11 is 0. The van der Waals surface area contributed by atoms with Crippen LogP contribution in [-0.4, -0.2) is 55.1 Å². The van der Waals surface area contributed by atoms with E-state index in [9.17, 15) is 4.79 Å². The molecular formula is C16H27ClN4O2. The second-order valence-electron chi connectivity index (χ2n) is 5.78. The Bertz CT molecular complexity index is 507. The minimum absolute atomic E-state index is 0. The van der Waals surface area contributed by atoms with Crippen molar-refractivity contribution in [1.82, 2.24) is 9.88 Å². The highest BCUT2D eigenvalue weighted by Gasteiger charge is 2.28. The Hall–Kier alpha value is -1.53. The number of aromatic nitrogens is 1. The number of nitrogens with two attached hydrogens (primary N) is 1. The molecule has 0 saturated carbocycles. The van der Waals surface area contributed by atoms with Gasteiger partial charge in [-0.1, -0.05) is 20.3 Å². The number of carbonyl (C=O) groups excluding carboxylic acids is 1. The number of piperazine rings is 1. The average molecular weight is 343 g/mol. The number of hydrogen-bond donors (Lipinski definition) is 1. The number of carbonyl (C=O) groups is 1. The van der Waals surface area contributed by atoms with Crippen molar-refractivity contribution in [2.75, 3.05) is 38.2 Å². The van der Waals surface area contributed by atoms with Crippen LogP contribution in [0.2, 0.25) is 0 Å². The minimum atomic E-state index is -0.397. The van der Waals surface area contributed by atoms with Gasteiger partial charge in [0.25, 0.3) is 0 Å². The number of halogens is 1. The summed E-state index contributed by atoms with van der Waals surface area (Å²) in [6.07, 6.45) is 2.66. The normalized spacial score (nSPS) is 17.2. The summed E-state index contributed by atoms with van der Waals surface area (Å²) in [5.41, 5.74) is 6.05. The number of methoxy groups -OCH3 is 1. The largest absolute Gasteiger partial charge is 0.497 e. The lowest BCUT2D eigenvalue weighted by Crippen LogP contribution is -2.54. The number of anilines is 1. The van der Waals surface area contributed by atoms with Crippen molar-refractivity contribution in [2.45, 2.75) is 26.3 Å². The van der Waals surface area contributed by atoms with E-state index in [-0.39, 0.29) is 24.2 Å². The molecule has 23 heavy (non-hydrogen) atoms. The van der Waals surface area contributed by atoms with Crippen molar-refractivity contribution in [1.29, 1.82) is 0 Å². The molecule has 0 radical (unpaired) electrons. The van der Waals surface area contributed by atoms with E-state index in [0.29, 0.717) is 13.1 Å². The summed E-state index contributed by atoms with van der Waals surface area (Å²) in [6.45, 7) is 6.98.